The highest BCUT2D eigenvalue weighted by molar-refractivity contribution is 6.41. The van der Waals surface area contributed by atoms with Crippen LogP contribution in [0.3, 0.4) is 0 Å². The van der Waals surface area contributed by atoms with Gasteiger partial charge in [0.05, 0.1) is 18.8 Å². The number of fused-ring (bicyclic) bond motifs is 1. The van der Waals surface area contributed by atoms with Crippen molar-refractivity contribution in [1.82, 2.24) is 0 Å². The van der Waals surface area contributed by atoms with Crippen molar-refractivity contribution < 1.29 is 23.8 Å². The van der Waals surface area contributed by atoms with Gasteiger partial charge in [-0.15, -0.1) is 0 Å². The summed E-state index contributed by atoms with van der Waals surface area (Å²) in [5.41, 5.74) is 0.982. The Morgan fingerprint density at radius 1 is 1.41 bits per heavy atom. The lowest BCUT2D eigenvalue weighted by molar-refractivity contribution is -0.137. The molecule has 0 amide bonds. The molecule has 1 heterocycles. The Kier molecular flexibility index (Phi) is 3.39. The SMILES string of the molecule is CCOC(=O)C(=O)c1cccc2c1OCOC2. The number of ketones is 1. The highest BCUT2D eigenvalue weighted by Crippen LogP contribution is 2.28. The van der Waals surface area contributed by atoms with Crippen molar-refractivity contribution in [3.8, 4) is 5.75 Å². The maximum absolute atomic E-state index is 11.8. The maximum atomic E-state index is 11.8. The molecule has 0 spiro atoms. The minimum atomic E-state index is -0.865. The van der Waals surface area contributed by atoms with Crippen LogP contribution in [0.1, 0.15) is 22.8 Å². The Labute approximate surface area is 98.3 Å². The summed E-state index contributed by atoms with van der Waals surface area (Å²) < 4.78 is 15.0. The van der Waals surface area contributed by atoms with Gasteiger partial charge >= 0.3 is 5.97 Å². The fourth-order valence-electron chi connectivity index (χ4n) is 1.61. The Balaban J connectivity index is 2.32. The lowest BCUT2D eigenvalue weighted by Gasteiger charge is -2.19. The van der Waals surface area contributed by atoms with E-state index in [4.69, 9.17) is 9.47 Å². The molecule has 0 N–H and O–H groups in total. The van der Waals surface area contributed by atoms with E-state index in [1.807, 2.05) is 0 Å². The summed E-state index contributed by atoms with van der Waals surface area (Å²) in [7, 11) is 0. The molecule has 5 heteroatoms. The van der Waals surface area contributed by atoms with E-state index in [9.17, 15) is 9.59 Å². The van der Waals surface area contributed by atoms with E-state index < -0.39 is 11.8 Å². The van der Waals surface area contributed by atoms with Gasteiger partial charge in [-0.25, -0.2) is 4.79 Å². The van der Waals surface area contributed by atoms with Gasteiger partial charge < -0.3 is 14.2 Å². The van der Waals surface area contributed by atoms with E-state index in [1.165, 1.54) is 0 Å². The zero-order valence-electron chi connectivity index (χ0n) is 9.39. The smallest absolute Gasteiger partial charge is 0.379 e. The number of hydrogen-bond acceptors (Lipinski definition) is 5. The number of ether oxygens (including phenoxy) is 3. The van der Waals surface area contributed by atoms with Crippen LogP contribution in [0.5, 0.6) is 5.75 Å². The molecule has 0 unspecified atom stereocenters. The summed E-state index contributed by atoms with van der Waals surface area (Å²) in [6, 6.07) is 5.02. The van der Waals surface area contributed by atoms with Gasteiger partial charge in [0.15, 0.2) is 6.79 Å². The van der Waals surface area contributed by atoms with Gasteiger partial charge in [-0.3, -0.25) is 4.79 Å². The number of benzene rings is 1. The van der Waals surface area contributed by atoms with Crippen LogP contribution < -0.4 is 4.74 Å². The van der Waals surface area contributed by atoms with Crippen molar-refractivity contribution in [2.24, 2.45) is 0 Å². The van der Waals surface area contributed by atoms with Gasteiger partial charge in [0.1, 0.15) is 5.75 Å². The second-order valence-electron chi connectivity index (χ2n) is 3.45. The van der Waals surface area contributed by atoms with Crippen LogP contribution in [0.2, 0.25) is 0 Å². The van der Waals surface area contributed by atoms with Crippen molar-refractivity contribution in [3.05, 3.63) is 29.3 Å². The van der Waals surface area contributed by atoms with Crippen LogP contribution in [0.15, 0.2) is 18.2 Å². The normalized spacial score (nSPS) is 13.5. The predicted molar refractivity (Wildman–Crippen MR) is 57.7 cm³/mol. The fourth-order valence-corrected chi connectivity index (χ4v) is 1.61. The standard InChI is InChI=1S/C12H12O5/c1-2-16-12(14)10(13)9-5-3-4-8-6-15-7-17-11(8)9/h3-5H,2,6-7H2,1H3. The first-order valence-electron chi connectivity index (χ1n) is 5.28. The van der Waals surface area contributed by atoms with E-state index in [-0.39, 0.29) is 19.0 Å². The summed E-state index contributed by atoms with van der Waals surface area (Å²) in [5, 5.41) is 0. The third-order valence-corrected chi connectivity index (χ3v) is 2.35. The minimum absolute atomic E-state index is 0.0835. The second kappa shape index (κ2) is 4.97. The summed E-state index contributed by atoms with van der Waals surface area (Å²) in [6.07, 6.45) is 0. The Hall–Kier alpha value is -1.88. The summed E-state index contributed by atoms with van der Waals surface area (Å²) in [4.78, 5) is 23.2. The maximum Gasteiger partial charge on any atom is 0.379 e. The summed E-state index contributed by atoms with van der Waals surface area (Å²) in [6.45, 7) is 2.28. The van der Waals surface area contributed by atoms with Gasteiger partial charge in [-0.05, 0) is 13.0 Å². The largest absolute Gasteiger partial charge is 0.466 e. The van der Waals surface area contributed by atoms with Crippen molar-refractivity contribution in [1.29, 1.82) is 0 Å². The van der Waals surface area contributed by atoms with E-state index in [0.717, 1.165) is 5.56 Å². The molecule has 0 radical (unpaired) electrons. The van der Waals surface area contributed by atoms with Crippen LogP contribution in [-0.2, 0) is 20.9 Å². The number of carbonyl (C=O) groups excluding carboxylic acids is 2. The predicted octanol–water partition coefficient (Wildman–Crippen LogP) is 1.30. The first kappa shape index (κ1) is 11.6. The van der Waals surface area contributed by atoms with Gasteiger partial charge in [0, 0.05) is 5.56 Å². The molecule has 1 aromatic carbocycles. The Morgan fingerprint density at radius 2 is 2.24 bits per heavy atom. The molecule has 0 bridgehead atoms. The van der Waals surface area contributed by atoms with E-state index in [0.29, 0.717) is 12.4 Å². The van der Waals surface area contributed by atoms with Gasteiger partial charge in [0.2, 0.25) is 0 Å². The summed E-state index contributed by atoms with van der Waals surface area (Å²) in [5.74, 6) is -1.14. The number of hydrogen-bond donors (Lipinski definition) is 0. The zero-order valence-corrected chi connectivity index (χ0v) is 9.39. The molecule has 1 aliphatic rings. The van der Waals surface area contributed by atoms with Crippen molar-refractivity contribution in [2.45, 2.75) is 13.5 Å². The van der Waals surface area contributed by atoms with Crippen molar-refractivity contribution in [3.63, 3.8) is 0 Å². The highest BCUT2D eigenvalue weighted by Gasteiger charge is 2.24. The first-order valence-corrected chi connectivity index (χ1v) is 5.28. The van der Waals surface area contributed by atoms with Crippen LogP contribution in [-0.4, -0.2) is 25.2 Å². The average Bonchev–Trinajstić information content (AvgIpc) is 2.37. The molecule has 0 aliphatic carbocycles. The molecule has 0 fully saturated rings. The molecular weight excluding hydrogens is 224 g/mol. The number of Topliss-reactive ketones (excluding diaryl/α,β-unsaturated/α-hetero) is 1. The molecule has 17 heavy (non-hydrogen) atoms. The number of para-hydroxylation sites is 1. The third-order valence-electron chi connectivity index (χ3n) is 2.35. The fraction of sp³-hybridized carbons (Fsp3) is 0.333. The number of rotatable bonds is 3. The monoisotopic (exact) mass is 236 g/mol. The van der Waals surface area contributed by atoms with Crippen molar-refractivity contribution in [2.75, 3.05) is 13.4 Å². The van der Waals surface area contributed by atoms with Gasteiger partial charge in [-0.2, -0.15) is 0 Å². The molecule has 1 aliphatic heterocycles. The highest BCUT2D eigenvalue weighted by atomic mass is 16.7. The molecule has 90 valence electrons. The van der Waals surface area contributed by atoms with Gasteiger partial charge in [0.25, 0.3) is 5.78 Å². The molecule has 5 nitrogen and oxygen atoms in total. The molecule has 0 aromatic heterocycles. The number of esters is 1. The lowest BCUT2D eigenvalue weighted by Crippen LogP contribution is -2.21. The number of carbonyl (C=O) groups is 2. The molecule has 0 atom stereocenters. The van der Waals surface area contributed by atoms with Crippen molar-refractivity contribution >= 4 is 11.8 Å². The van der Waals surface area contributed by atoms with E-state index in [2.05, 4.69) is 4.74 Å². The average molecular weight is 236 g/mol. The second-order valence-corrected chi connectivity index (χ2v) is 3.45. The topological polar surface area (TPSA) is 61.8 Å². The minimum Gasteiger partial charge on any atom is -0.466 e. The van der Waals surface area contributed by atoms with Crippen LogP contribution in [0.25, 0.3) is 0 Å². The molecule has 2 rings (SSSR count). The van der Waals surface area contributed by atoms with E-state index in [1.54, 1.807) is 25.1 Å². The van der Waals surface area contributed by atoms with Gasteiger partial charge in [-0.1, -0.05) is 12.1 Å². The first-order chi connectivity index (χ1) is 8.24. The Morgan fingerprint density at radius 3 is 3.00 bits per heavy atom. The van der Waals surface area contributed by atoms with Crippen LogP contribution >= 0.6 is 0 Å². The molecule has 0 saturated heterocycles. The summed E-state index contributed by atoms with van der Waals surface area (Å²) >= 11 is 0. The zero-order chi connectivity index (χ0) is 12.3. The van der Waals surface area contributed by atoms with Crippen LogP contribution in [0, 0.1) is 0 Å². The quantitative estimate of drug-likeness (QED) is 0.449. The molecule has 1 aromatic rings. The van der Waals surface area contributed by atoms with Crippen LogP contribution in [0.4, 0.5) is 0 Å². The molecular formula is C12H12O5. The lowest BCUT2D eigenvalue weighted by atomic mass is 10.1. The Bertz CT molecular complexity index is 452. The third kappa shape index (κ3) is 2.29. The molecule has 0 saturated carbocycles. The van der Waals surface area contributed by atoms with E-state index >= 15 is 0 Å².